The summed E-state index contributed by atoms with van der Waals surface area (Å²) in [7, 11) is 0. The molecule has 2 N–H and O–H groups in total. The Morgan fingerprint density at radius 2 is 1.92 bits per heavy atom. The quantitative estimate of drug-likeness (QED) is 0.720. The number of carbonyl (C=O) groups excluding carboxylic acids is 1. The lowest BCUT2D eigenvalue weighted by atomic mass is 10.2. The van der Waals surface area contributed by atoms with Crippen LogP contribution in [0.25, 0.3) is 0 Å². The smallest absolute Gasteiger partial charge is 0.274 e. The second-order valence-corrected chi connectivity index (χ2v) is 5.88. The van der Waals surface area contributed by atoms with E-state index in [0.717, 1.165) is 0 Å². The van der Waals surface area contributed by atoms with Crippen LogP contribution in [0.2, 0.25) is 5.02 Å². The summed E-state index contributed by atoms with van der Waals surface area (Å²) >= 11 is 6.13. The lowest BCUT2D eigenvalue weighted by Crippen LogP contribution is -2.15. The predicted molar refractivity (Wildman–Crippen MR) is 101 cm³/mol. The van der Waals surface area contributed by atoms with Crippen LogP contribution in [0.3, 0.4) is 0 Å². The van der Waals surface area contributed by atoms with Crippen LogP contribution in [-0.4, -0.2) is 15.9 Å². The number of aryl methyl sites for hydroxylation is 1. The Morgan fingerprint density at radius 3 is 2.69 bits per heavy atom. The van der Waals surface area contributed by atoms with Crippen molar-refractivity contribution in [3.8, 4) is 6.07 Å². The van der Waals surface area contributed by atoms with E-state index in [2.05, 4.69) is 20.6 Å². The third kappa shape index (κ3) is 4.15. The lowest BCUT2D eigenvalue weighted by molar-refractivity contribution is 0.102. The van der Waals surface area contributed by atoms with Gasteiger partial charge in [-0.05, 0) is 43.3 Å². The third-order valence-corrected chi connectivity index (χ3v) is 3.79. The molecule has 0 atom stereocenters. The van der Waals surface area contributed by atoms with Crippen molar-refractivity contribution in [1.29, 1.82) is 5.26 Å². The van der Waals surface area contributed by atoms with Crippen LogP contribution in [-0.2, 0) is 0 Å². The van der Waals surface area contributed by atoms with E-state index in [1.807, 2.05) is 18.2 Å². The topological polar surface area (TPSA) is 90.7 Å². The molecule has 0 saturated heterocycles. The molecule has 1 heterocycles. The second kappa shape index (κ2) is 7.64. The Hall–Kier alpha value is -3.43. The number of nitriles is 1. The number of amides is 1. The Morgan fingerprint density at radius 1 is 1.12 bits per heavy atom. The molecule has 0 aliphatic rings. The van der Waals surface area contributed by atoms with E-state index in [0.29, 0.717) is 27.7 Å². The van der Waals surface area contributed by atoms with Gasteiger partial charge in [-0.15, -0.1) is 0 Å². The molecule has 6 nitrogen and oxygen atoms in total. The van der Waals surface area contributed by atoms with Crippen molar-refractivity contribution in [2.45, 2.75) is 6.92 Å². The van der Waals surface area contributed by atoms with E-state index in [9.17, 15) is 4.79 Å². The van der Waals surface area contributed by atoms with E-state index in [4.69, 9.17) is 16.9 Å². The van der Waals surface area contributed by atoms with Crippen LogP contribution in [0.4, 0.5) is 17.3 Å². The largest absolute Gasteiger partial charge is 0.323 e. The van der Waals surface area contributed by atoms with Crippen molar-refractivity contribution in [1.82, 2.24) is 9.97 Å². The number of carbonyl (C=O) groups is 1. The van der Waals surface area contributed by atoms with Crippen LogP contribution in [0.1, 0.15) is 21.7 Å². The Balaban J connectivity index is 1.83. The van der Waals surface area contributed by atoms with Gasteiger partial charge in [-0.3, -0.25) is 4.79 Å². The molecule has 2 aromatic carbocycles. The van der Waals surface area contributed by atoms with Crippen LogP contribution < -0.4 is 10.6 Å². The number of rotatable bonds is 4. The van der Waals surface area contributed by atoms with Crippen molar-refractivity contribution in [2.24, 2.45) is 0 Å². The number of anilines is 3. The molecule has 26 heavy (non-hydrogen) atoms. The zero-order valence-electron chi connectivity index (χ0n) is 13.8. The number of nitrogens with zero attached hydrogens (tertiary/aromatic N) is 3. The summed E-state index contributed by atoms with van der Waals surface area (Å²) in [5, 5.41) is 15.2. The first-order valence-corrected chi connectivity index (χ1v) is 8.12. The van der Waals surface area contributed by atoms with Crippen molar-refractivity contribution in [2.75, 3.05) is 10.6 Å². The number of hydrogen-bond donors (Lipinski definition) is 2. The fraction of sp³-hybridized carbons (Fsp3) is 0.0526. The van der Waals surface area contributed by atoms with Gasteiger partial charge in [0.05, 0.1) is 22.3 Å². The number of aromatic nitrogens is 2. The van der Waals surface area contributed by atoms with Gasteiger partial charge < -0.3 is 10.6 Å². The summed E-state index contributed by atoms with van der Waals surface area (Å²) in [5.41, 5.74) is 2.46. The highest BCUT2D eigenvalue weighted by Crippen LogP contribution is 2.23. The fourth-order valence-electron chi connectivity index (χ4n) is 2.29. The van der Waals surface area contributed by atoms with Crippen molar-refractivity contribution >= 4 is 34.8 Å². The summed E-state index contributed by atoms with van der Waals surface area (Å²) in [5.74, 6) is -0.123. The first-order valence-electron chi connectivity index (χ1n) is 7.74. The van der Waals surface area contributed by atoms with E-state index in [-0.39, 0.29) is 11.6 Å². The van der Waals surface area contributed by atoms with Gasteiger partial charge in [-0.1, -0.05) is 29.8 Å². The minimum atomic E-state index is -0.396. The molecule has 0 unspecified atom stereocenters. The molecule has 0 bridgehead atoms. The number of hydrogen-bond acceptors (Lipinski definition) is 5. The minimum Gasteiger partial charge on any atom is -0.323 e. The molecular weight excluding hydrogens is 350 g/mol. The molecule has 3 rings (SSSR count). The van der Waals surface area contributed by atoms with Crippen molar-refractivity contribution in [3.05, 3.63) is 76.6 Å². The summed E-state index contributed by atoms with van der Waals surface area (Å²) in [6.45, 7) is 1.77. The normalized spacial score (nSPS) is 10.0. The molecule has 0 spiro atoms. The van der Waals surface area contributed by atoms with Gasteiger partial charge in [0.25, 0.3) is 5.91 Å². The number of benzene rings is 2. The zero-order valence-corrected chi connectivity index (χ0v) is 14.6. The van der Waals surface area contributed by atoms with Gasteiger partial charge in [-0.25, -0.2) is 9.97 Å². The van der Waals surface area contributed by atoms with Crippen LogP contribution >= 0.6 is 11.6 Å². The van der Waals surface area contributed by atoms with E-state index in [1.165, 1.54) is 0 Å². The highest BCUT2D eigenvalue weighted by Gasteiger charge is 2.12. The molecule has 0 aliphatic heterocycles. The Kier molecular flexibility index (Phi) is 5.11. The Labute approximate surface area is 155 Å². The predicted octanol–water partition coefficient (Wildman–Crippen LogP) is 4.31. The van der Waals surface area contributed by atoms with Gasteiger partial charge in [0, 0.05) is 11.4 Å². The van der Waals surface area contributed by atoms with Crippen LogP contribution in [0.5, 0.6) is 0 Å². The lowest BCUT2D eigenvalue weighted by Gasteiger charge is -2.10. The fourth-order valence-corrected chi connectivity index (χ4v) is 2.47. The second-order valence-electron chi connectivity index (χ2n) is 5.47. The summed E-state index contributed by atoms with van der Waals surface area (Å²) in [6, 6.07) is 17.5. The molecule has 1 amide bonds. The minimum absolute atomic E-state index is 0.203. The van der Waals surface area contributed by atoms with Gasteiger partial charge in [0.2, 0.25) is 5.95 Å². The van der Waals surface area contributed by atoms with Crippen LogP contribution in [0, 0.1) is 18.3 Å². The van der Waals surface area contributed by atoms with E-state index in [1.54, 1.807) is 49.4 Å². The third-order valence-electron chi connectivity index (χ3n) is 3.46. The van der Waals surface area contributed by atoms with E-state index >= 15 is 0 Å². The van der Waals surface area contributed by atoms with Crippen molar-refractivity contribution in [3.63, 3.8) is 0 Å². The Bertz CT molecular complexity index is 1010. The summed E-state index contributed by atoms with van der Waals surface area (Å²) < 4.78 is 0. The molecule has 0 radical (unpaired) electrons. The average molecular weight is 364 g/mol. The molecule has 3 aromatic rings. The van der Waals surface area contributed by atoms with Crippen LogP contribution in [0.15, 0.2) is 54.6 Å². The molecule has 0 aliphatic carbocycles. The molecule has 7 heteroatoms. The highest BCUT2D eigenvalue weighted by atomic mass is 35.5. The SMILES string of the molecule is Cc1cc(C(=O)Nc2cccc(C#N)c2)nc(Nc2ccccc2Cl)n1. The standard InChI is InChI=1S/C19H14ClN5O/c1-12-9-17(18(26)23-14-6-4-5-13(10-14)11-21)25-19(22-12)24-16-8-3-2-7-15(16)20/h2-10H,1H3,(H,23,26)(H,22,24,25). The first kappa shape index (κ1) is 17.4. The molecule has 0 fully saturated rings. The monoisotopic (exact) mass is 363 g/mol. The summed E-state index contributed by atoms with van der Waals surface area (Å²) in [6.07, 6.45) is 0. The maximum Gasteiger partial charge on any atom is 0.274 e. The molecule has 0 saturated carbocycles. The molecule has 1 aromatic heterocycles. The molecular formula is C19H14ClN5O. The number of para-hydroxylation sites is 1. The van der Waals surface area contributed by atoms with Gasteiger partial charge in [0.15, 0.2) is 0 Å². The van der Waals surface area contributed by atoms with Gasteiger partial charge in [-0.2, -0.15) is 5.26 Å². The average Bonchev–Trinajstić information content (AvgIpc) is 2.63. The zero-order chi connectivity index (χ0) is 18.5. The van der Waals surface area contributed by atoms with E-state index < -0.39 is 5.91 Å². The summed E-state index contributed by atoms with van der Waals surface area (Å²) in [4.78, 5) is 21.0. The number of halogens is 1. The van der Waals surface area contributed by atoms with Gasteiger partial charge in [0.1, 0.15) is 5.69 Å². The first-order chi connectivity index (χ1) is 12.5. The highest BCUT2D eigenvalue weighted by molar-refractivity contribution is 6.33. The van der Waals surface area contributed by atoms with Crippen molar-refractivity contribution < 1.29 is 4.79 Å². The van der Waals surface area contributed by atoms with Gasteiger partial charge >= 0.3 is 0 Å². The molecule has 128 valence electrons. The maximum absolute atomic E-state index is 12.5. The maximum atomic E-state index is 12.5. The number of nitrogens with one attached hydrogen (secondary N) is 2.